The summed E-state index contributed by atoms with van der Waals surface area (Å²) in [5, 5.41) is 0. The second-order valence-electron chi connectivity index (χ2n) is 7.21. The second kappa shape index (κ2) is 7.92. The smallest absolute Gasteiger partial charge is 0.268 e. The van der Waals surface area contributed by atoms with E-state index in [4.69, 9.17) is 24.4 Å². The third kappa shape index (κ3) is 3.51. The van der Waals surface area contributed by atoms with E-state index in [1.165, 1.54) is 9.80 Å². The van der Waals surface area contributed by atoms with Crippen LogP contribution in [0.15, 0.2) is 46.2 Å². The van der Waals surface area contributed by atoms with Crippen molar-refractivity contribution in [2.45, 2.75) is 27.7 Å². The molecule has 0 saturated carbocycles. The predicted molar refractivity (Wildman–Crippen MR) is 134 cm³/mol. The summed E-state index contributed by atoms with van der Waals surface area (Å²) >= 11 is 13.3. The number of carbonyl (C=O) groups excluding carboxylic acids is 2. The topological polar surface area (TPSA) is 40.6 Å². The molecule has 2 saturated heterocycles. The largest absolute Gasteiger partial charge is 0.272 e. The molecule has 2 heterocycles. The zero-order valence-electron chi connectivity index (χ0n) is 16.8. The first kappa shape index (κ1) is 21.2. The van der Waals surface area contributed by atoms with Gasteiger partial charge in [0.2, 0.25) is 0 Å². The van der Waals surface area contributed by atoms with Crippen molar-refractivity contribution in [3.8, 4) is 0 Å². The summed E-state index contributed by atoms with van der Waals surface area (Å²) in [6.45, 7) is 8.01. The third-order valence-corrected chi connectivity index (χ3v) is 8.12. The first-order chi connectivity index (χ1) is 14.2. The van der Waals surface area contributed by atoms with Crippen molar-refractivity contribution in [1.82, 2.24) is 0 Å². The summed E-state index contributed by atoms with van der Waals surface area (Å²) in [5.74, 6) is -0.567. The van der Waals surface area contributed by atoms with Crippen LogP contribution < -0.4 is 9.80 Å². The number of hydrogen-bond donors (Lipinski definition) is 0. The number of aryl methyl sites for hydroxylation is 4. The number of amides is 2. The van der Waals surface area contributed by atoms with Crippen LogP contribution in [0, 0.1) is 27.7 Å². The van der Waals surface area contributed by atoms with Gasteiger partial charge in [0.25, 0.3) is 11.8 Å². The molecule has 2 aromatic carbocycles. The average Bonchev–Trinajstić information content (AvgIpc) is 3.15. The molecule has 30 heavy (non-hydrogen) atoms. The summed E-state index contributed by atoms with van der Waals surface area (Å²) in [5.41, 5.74) is 5.84. The zero-order chi connectivity index (χ0) is 21.7. The maximum Gasteiger partial charge on any atom is 0.272 e. The van der Waals surface area contributed by atoms with Crippen molar-refractivity contribution in [2.75, 3.05) is 9.80 Å². The van der Waals surface area contributed by atoms with Crippen LogP contribution in [0.25, 0.3) is 0 Å². The standard InChI is InChI=1S/C22H18N2O2S4/c1-11-5-7-15(9-13(11)3)23-19(25)17(29-21(23)27)18-20(26)24(22(28)30-18)16-8-6-12(2)14(4)10-16/h5-10H,1-4H3. The molecule has 8 heteroatoms. The molecular formula is C22H18N2O2S4. The predicted octanol–water partition coefficient (Wildman–Crippen LogP) is 5.56. The Bertz CT molecular complexity index is 1090. The number of benzene rings is 2. The molecule has 4 nitrogen and oxygen atoms in total. The monoisotopic (exact) mass is 470 g/mol. The Morgan fingerprint density at radius 2 is 1.00 bits per heavy atom. The highest BCUT2D eigenvalue weighted by molar-refractivity contribution is 8.30. The van der Waals surface area contributed by atoms with Crippen LogP contribution in [0.5, 0.6) is 0 Å². The molecular weight excluding hydrogens is 453 g/mol. The van der Waals surface area contributed by atoms with Crippen molar-refractivity contribution in [1.29, 1.82) is 0 Å². The molecule has 0 bridgehead atoms. The Balaban J connectivity index is 1.71. The lowest BCUT2D eigenvalue weighted by molar-refractivity contribution is -0.115. The van der Waals surface area contributed by atoms with Crippen LogP contribution in [0.1, 0.15) is 22.3 Å². The number of thioether (sulfide) groups is 2. The van der Waals surface area contributed by atoms with Crippen LogP contribution in [0.2, 0.25) is 0 Å². The minimum absolute atomic E-state index is 0.283. The van der Waals surface area contributed by atoms with E-state index >= 15 is 0 Å². The molecule has 2 fully saturated rings. The third-order valence-electron chi connectivity index (χ3n) is 5.24. The van der Waals surface area contributed by atoms with Gasteiger partial charge in [0.15, 0.2) is 8.64 Å². The quantitative estimate of drug-likeness (QED) is 0.423. The van der Waals surface area contributed by atoms with Crippen LogP contribution in [-0.4, -0.2) is 20.5 Å². The maximum atomic E-state index is 13.2. The Hall–Kier alpha value is -2.00. The van der Waals surface area contributed by atoms with Gasteiger partial charge in [-0.05, 0) is 74.2 Å². The van der Waals surface area contributed by atoms with Crippen LogP contribution >= 0.6 is 48.0 Å². The maximum absolute atomic E-state index is 13.2. The molecule has 0 aromatic heterocycles. The molecule has 0 unspecified atom stereocenters. The van der Waals surface area contributed by atoms with Gasteiger partial charge in [0.05, 0.1) is 21.2 Å². The molecule has 0 atom stereocenters. The summed E-state index contributed by atoms with van der Waals surface area (Å²) in [6, 6.07) is 11.5. The minimum atomic E-state index is -0.283. The number of nitrogens with zero attached hydrogens (tertiary/aromatic N) is 2. The molecule has 2 amide bonds. The van der Waals surface area contributed by atoms with Crippen LogP contribution in [0.3, 0.4) is 0 Å². The highest BCUT2D eigenvalue weighted by atomic mass is 32.2. The number of rotatable bonds is 2. The second-order valence-corrected chi connectivity index (χ2v) is 10.5. The zero-order valence-corrected chi connectivity index (χ0v) is 20.1. The Labute approximate surface area is 194 Å². The van der Waals surface area contributed by atoms with Gasteiger partial charge in [-0.3, -0.25) is 19.4 Å². The fourth-order valence-electron chi connectivity index (χ4n) is 3.18. The lowest BCUT2D eigenvalue weighted by Crippen LogP contribution is -2.29. The van der Waals surface area contributed by atoms with Crippen molar-refractivity contribution < 1.29 is 9.59 Å². The van der Waals surface area contributed by atoms with Gasteiger partial charge in [-0.2, -0.15) is 0 Å². The van der Waals surface area contributed by atoms with E-state index in [-0.39, 0.29) is 11.8 Å². The fraction of sp³-hybridized carbons (Fsp3) is 0.182. The van der Waals surface area contributed by atoms with E-state index < -0.39 is 0 Å². The molecule has 4 rings (SSSR count). The molecule has 0 N–H and O–H groups in total. The number of hydrogen-bond acceptors (Lipinski definition) is 6. The van der Waals surface area contributed by atoms with Gasteiger partial charge in [0, 0.05) is 0 Å². The summed E-state index contributed by atoms with van der Waals surface area (Å²) in [4.78, 5) is 30.1. The van der Waals surface area contributed by atoms with E-state index in [0.29, 0.717) is 29.8 Å². The van der Waals surface area contributed by atoms with E-state index in [2.05, 4.69) is 0 Å². The highest BCUT2D eigenvalue weighted by Gasteiger charge is 2.43. The molecule has 2 aliphatic rings. The van der Waals surface area contributed by atoms with E-state index in [9.17, 15) is 9.59 Å². The molecule has 2 aromatic rings. The normalized spacial score (nSPS) is 19.5. The lowest BCUT2D eigenvalue weighted by Gasteiger charge is -2.16. The van der Waals surface area contributed by atoms with E-state index in [0.717, 1.165) is 45.8 Å². The van der Waals surface area contributed by atoms with Gasteiger partial charge < -0.3 is 0 Å². The lowest BCUT2D eigenvalue weighted by atomic mass is 10.1. The highest BCUT2D eigenvalue weighted by Crippen LogP contribution is 2.44. The molecule has 0 aliphatic carbocycles. The Morgan fingerprint density at radius 1 is 0.633 bits per heavy atom. The van der Waals surface area contributed by atoms with Gasteiger partial charge >= 0.3 is 0 Å². The van der Waals surface area contributed by atoms with Gasteiger partial charge in [0.1, 0.15) is 0 Å². The van der Waals surface area contributed by atoms with Crippen LogP contribution in [-0.2, 0) is 9.59 Å². The molecule has 0 spiro atoms. The molecule has 0 radical (unpaired) electrons. The number of anilines is 2. The van der Waals surface area contributed by atoms with Gasteiger partial charge in [-0.15, -0.1) is 0 Å². The van der Waals surface area contributed by atoms with E-state index in [1.54, 1.807) is 0 Å². The molecule has 152 valence electrons. The number of carbonyl (C=O) groups is 2. The first-order valence-electron chi connectivity index (χ1n) is 9.20. The van der Waals surface area contributed by atoms with Gasteiger partial charge in [-0.25, -0.2) is 0 Å². The average molecular weight is 471 g/mol. The van der Waals surface area contributed by atoms with Crippen molar-refractivity contribution in [3.63, 3.8) is 0 Å². The van der Waals surface area contributed by atoms with Crippen molar-refractivity contribution in [3.05, 3.63) is 68.5 Å². The summed E-state index contributed by atoms with van der Waals surface area (Å²) in [6.07, 6.45) is 0. The van der Waals surface area contributed by atoms with Crippen molar-refractivity contribution >= 4 is 79.8 Å². The number of thiocarbonyl (C=S) groups is 2. The van der Waals surface area contributed by atoms with Gasteiger partial charge in [-0.1, -0.05) is 60.1 Å². The summed E-state index contributed by atoms with van der Waals surface area (Å²) < 4.78 is 0.824. The summed E-state index contributed by atoms with van der Waals surface area (Å²) in [7, 11) is 0. The SMILES string of the molecule is Cc1ccc(N2C(=O)C(=C3SC(=S)N(c4ccc(C)c(C)c4)C3=O)SC2=S)cc1C. The fourth-order valence-corrected chi connectivity index (χ4v) is 5.94. The Morgan fingerprint density at radius 3 is 1.33 bits per heavy atom. The first-order valence-corrected chi connectivity index (χ1v) is 11.7. The van der Waals surface area contributed by atoms with Crippen LogP contribution in [0.4, 0.5) is 11.4 Å². The van der Waals surface area contributed by atoms with E-state index in [1.807, 2.05) is 64.1 Å². The Kier molecular flexibility index (Phi) is 5.61. The minimum Gasteiger partial charge on any atom is -0.268 e. The molecule has 2 aliphatic heterocycles. The van der Waals surface area contributed by atoms with Crippen molar-refractivity contribution in [2.24, 2.45) is 0 Å².